The van der Waals surface area contributed by atoms with E-state index >= 15 is 0 Å². The number of methoxy groups -OCH3 is 1. The third kappa shape index (κ3) is 4.96. The molecule has 0 fully saturated rings. The van der Waals surface area contributed by atoms with Crippen LogP contribution in [0.1, 0.15) is 26.3 Å². The number of benzene rings is 3. The Morgan fingerprint density at radius 2 is 1.45 bits per heavy atom. The predicted molar refractivity (Wildman–Crippen MR) is 109 cm³/mol. The summed E-state index contributed by atoms with van der Waals surface area (Å²) >= 11 is 0. The monoisotopic (exact) mass is 383 g/mol. The SMILES string of the molecule is COc1ccc(C(=O)Oc2ccc(/C=C(\C#N)C(=O)c3ccccc3)cc2)cc1. The fourth-order valence-corrected chi connectivity index (χ4v) is 2.59. The van der Waals surface area contributed by atoms with Gasteiger partial charge in [0.2, 0.25) is 5.78 Å². The van der Waals surface area contributed by atoms with E-state index in [1.807, 2.05) is 6.07 Å². The van der Waals surface area contributed by atoms with E-state index in [0.29, 0.717) is 28.2 Å². The Labute approximate surface area is 168 Å². The number of ether oxygens (including phenoxy) is 2. The summed E-state index contributed by atoms with van der Waals surface area (Å²) in [5.74, 6) is 0.169. The molecule has 0 heterocycles. The van der Waals surface area contributed by atoms with Crippen molar-refractivity contribution in [1.29, 1.82) is 5.26 Å². The Kier molecular flexibility index (Phi) is 6.18. The Morgan fingerprint density at radius 3 is 2.03 bits per heavy atom. The smallest absolute Gasteiger partial charge is 0.343 e. The molecule has 0 amide bonds. The van der Waals surface area contributed by atoms with Crippen molar-refractivity contribution in [2.45, 2.75) is 0 Å². The molecule has 0 aromatic heterocycles. The lowest BCUT2D eigenvalue weighted by Crippen LogP contribution is -2.08. The second-order valence-corrected chi connectivity index (χ2v) is 6.05. The highest BCUT2D eigenvalue weighted by Gasteiger charge is 2.12. The number of nitrogens with zero attached hydrogens (tertiary/aromatic N) is 1. The molecule has 0 aliphatic carbocycles. The quantitative estimate of drug-likeness (QED) is 0.203. The normalized spacial score (nSPS) is 10.7. The number of allylic oxidation sites excluding steroid dienone is 1. The molecule has 142 valence electrons. The van der Waals surface area contributed by atoms with E-state index in [1.54, 1.807) is 86.0 Å². The maximum Gasteiger partial charge on any atom is 0.343 e. The first kappa shape index (κ1) is 19.6. The molecule has 0 N–H and O–H groups in total. The number of nitriles is 1. The van der Waals surface area contributed by atoms with Gasteiger partial charge in [0.25, 0.3) is 0 Å². The maximum atomic E-state index is 12.4. The van der Waals surface area contributed by atoms with E-state index in [4.69, 9.17) is 9.47 Å². The van der Waals surface area contributed by atoms with Gasteiger partial charge in [-0.3, -0.25) is 4.79 Å². The highest BCUT2D eigenvalue weighted by molar-refractivity contribution is 6.14. The molecule has 0 unspecified atom stereocenters. The van der Waals surface area contributed by atoms with E-state index in [0.717, 1.165) is 0 Å². The minimum absolute atomic E-state index is 0.0270. The Morgan fingerprint density at radius 1 is 0.828 bits per heavy atom. The molecule has 29 heavy (non-hydrogen) atoms. The van der Waals surface area contributed by atoms with Crippen LogP contribution in [0.5, 0.6) is 11.5 Å². The van der Waals surface area contributed by atoms with Crippen LogP contribution in [0.3, 0.4) is 0 Å². The number of hydrogen-bond donors (Lipinski definition) is 0. The van der Waals surface area contributed by atoms with Crippen molar-refractivity contribution in [3.63, 3.8) is 0 Å². The number of Topliss-reactive ketones (excluding diaryl/α,β-unsaturated/α-hetero) is 1. The Hall–Kier alpha value is -4.17. The zero-order valence-corrected chi connectivity index (χ0v) is 15.7. The lowest BCUT2D eigenvalue weighted by molar-refractivity contribution is 0.0734. The van der Waals surface area contributed by atoms with Gasteiger partial charge in [0.05, 0.1) is 12.7 Å². The Bertz CT molecular complexity index is 1080. The molecule has 5 heteroatoms. The zero-order chi connectivity index (χ0) is 20.6. The maximum absolute atomic E-state index is 12.4. The van der Waals surface area contributed by atoms with Gasteiger partial charge in [0.15, 0.2) is 0 Å². The van der Waals surface area contributed by atoms with E-state index < -0.39 is 5.97 Å². The summed E-state index contributed by atoms with van der Waals surface area (Å²) in [6, 6.07) is 23.7. The molecule has 0 saturated carbocycles. The summed E-state index contributed by atoms with van der Waals surface area (Å²) in [6.45, 7) is 0. The van der Waals surface area contributed by atoms with E-state index in [-0.39, 0.29) is 11.4 Å². The molecular weight excluding hydrogens is 366 g/mol. The van der Waals surface area contributed by atoms with Gasteiger partial charge in [-0.05, 0) is 48.0 Å². The van der Waals surface area contributed by atoms with Gasteiger partial charge in [0.1, 0.15) is 23.1 Å². The molecule has 0 bridgehead atoms. The van der Waals surface area contributed by atoms with Crippen LogP contribution in [0.15, 0.2) is 84.4 Å². The summed E-state index contributed by atoms with van der Waals surface area (Å²) < 4.78 is 10.4. The number of esters is 1. The van der Waals surface area contributed by atoms with Crippen LogP contribution in [0, 0.1) is 11.3 Å². The number of rotatable bonds is 6. The topological polar surface area (TPSA) is 76.4 Å². The third-order valence-electron chi connectivity index (χ3n) is 4.13. The second-order valence-electron chi connectivity index (χ2n) is 6.05. The van der Waals surface area contributed by atoms with Crippen LogP contribution < -0.4 is 9.47 Å². The van der Waals surface area contributed by atoms with Gasteiger partial charge >= 0.3 is 5.97 Å². The first-order valence-electron chi connectivity index (χ1n) is 8.78. The molecule has 0 radical (unpaired) electrons. The lowest BCUT2D eigenvalue weighted by atomic mass is 10.0. The van der Waals surface area contributed by atoms with Crippen LogP contribution in [-0.2, 0) is 0 Å². The molecule has 3 rings (SSSR count). The molecule has 3 aromatic carbocycles. The second kappa shape index (κ2) is 9.16. The lowest BCUT2D eigenvalue weighted by Gasteiger charge is -2.06. The summed E-state index contributed by atoms with van der Waals surface area (Å²) in [6.07, 6.45) is 1.50. The molecule has 3 aromatic rings. The van der Waals surface area contributed by atoms with E-state index in [2.05, 4.69) is 0 Å². The Balaban J connectivity index is 1.72. The minimum Gasteiger partial charge on any atom is -0.497 e. The summed E-state index contributed by atoms with van der Waals surface area (Å²) in [7, 11) is 1.55. The summed E-state index contributed by atoms with van der Waals surface area (Å²) in [5, 5.41) is 9.34. The molecule has 5 nitrogen and oxygen atoms in total. The van der Waals surface area contributed by atoms with Gasteiger partial charge in [-0.2, -0.15) is 5.26 Å². The van der Waals surface area contributed by atoms with Crippen molar-refractivity contribution in [3.05, 3.63) is 101 Å². The largest absolute Gasteiger partial charge is 0.497 e. The fraction of sp³-hybridized carbons (Fsp3) is 0.0417. The van der Waals surface area contributed by atoms with Crippen molar-refractivity contribution >= 4 is 17.8 Å². The molecule has 0 aliphatic heterocycles. The molecule has 0 spiro atoms. The highest BCUT2D eigenvalue weighted by atomic mass is 16.5. The first-order valence-corrected chi connectivity index (χ1v) is 8.78. The van der Waals surface area contributed by atoms with Gasteiger partial charge in [-0.25, -0.2) is 4.79 Å². The van der Waals surface area contributed by atoms with Crippen molar-refractivity contribution in [1.82, 2.24) is 0 Å². The van der Waals surface area contributed by atoms with E-state index in [1.165, 1.54) is 6.08 Å². The summed E-state index contributed by atoms with van der Waals surface area (Å²) in [4.78, 5) is 24.6. The highest BCUT2D eigenvalue weighted by Crippen LogP contribution is 2.18. The van der Waals surface area contributed by atoms with Crippen LogP contribution in [0.2, 0.25) is 0 Å². The molecule has 0 saturated heterocycles. The van der Waals surface area contributed by atoms with Crippen LogP contribution in [-0.4, -0.2) is 18.9 Å². The standard InChI is InChI=1S/C24H17NO4/c1-28-21-13-9-19(10-14-21)24(27)29-22-11-7-17(8-12-22)15-20(16-25)23(26)18-5-3-2-4-6-18/h2-15H,1H3/b20-15+. The van der Waals surface area contributed by atoms with Gasteiger partial charge in [-0.1, -0.05) is 42.5 Å². The van der Waals surface area contributed by atoms with Crippen LogP contribution in [0.25, 0.3) is 6.08 Å². The zero-order valence-electron chi connectivity index (χ0n) is 15.7. The predicted octanol–water partition coefficient (Wildman–Crippen LogP) is 4.70. The minimum atomic E-state index is -0.493. The van der Waals surface area contributed by atoms with Gasteiger partial charge in [0, 0.05) is 5.56 Å². The van der Waals surface area contributed by atoms with Crippen molar-refractivity contribution in [3.8, 4) is 17.6 Å². The summed E-state index contributed by atoms with van der Waals surface area (Å²) in [5.41, 5.74) is 1.52. The van der Waals surface area contributed by atoms with Crippen molar-refractivity contribution in [2.75, 3.05) is 7.11 Å². The van der Waals surface area contributed by atoms with Crippen molar-refractivity contribution in [2.24, 2.45) is 0 Å². The van der Waals surface area contributed by atoms with Crippen LogP contribution >= 0.6 is 0 Å². The van der Waals surface area contributed by atoms with Crippen LogP contribution in [0.4, 0.5) is 0 Å². The average Bonchev–Trinajstić information content (AvgIpc) is 2.78. The number of hydrogen-bond acceptors (Lipinski definition) is 5. The molecule has 0 aliphatic rings. The van der Waals surface area contributed by atoms with Crippen molar-refractivity contribution < 1.29 is 19.1 Å². The first-order chi connectivity index (χ1) is 14.1. The average molecular weight is 383 g/mol. The van der Waals surface area contributed by atoms with Gasteiger partial charge < -0.3 is 9.47 Å². The number of carbonyl (C=O) groups is 2. The van der Waals surface area contributed by atoms with Gasteiger partial charge in [-0.15, -0.1) is 0 Å². The third-order valence-corrected chi connectivity index (χ3v) is 4.13. The van der Waals surface area contributed by atoms with E-state index in [9.17, 15) is 14.9 Å². The number of carbonyl (C=O) groups excluding carboxylic acids is 2. The number of ketones is 1. The fourth-order valence-electron chi connectivity index (χ4n) is 2.59. The molecular formula is C24H17NO4. The molecule has 0 atom stereocenters.